The molecule has 0 aliphatic carbocycles. The maximum absolute atomic E-state index is 11.4. The first-order chi connectivity index (χ1) is 4.81. The van der Waals surface area contributed by atoms with Crippen molar-refractivity contribution in [2.75, 3.05) is 5.75 Å². The van der Waals surface area contributed by atoms with Crippen LogP contribution in [0, 0.1) is 5.41 Å². The van der Waals surface area contributed by atoms with Crippen LogP contribution in [0.15, 0.2) is 11.0 Å². The summed E-state index contributed by atoms with van der Waals surface area (Å²) in [5.74, 6) is 0.676. The van der Waals surface area contributed by atoms with Crippen LogP contribution in [-0.4, -0.2) is 9.96 Å². The monoisotopic (exact) mass is 190 g/mol. The van der Waals surface area contributed by atoms with Crippen LogP contribution in [0.25, 0.3) is 0 Å². The fraction of sp³-hybridized carbons (Fsp3) is 0.750. The largest absolute Gasteiger partial charge is 0.252 e. The van der Waals surface area contributed by atoms with E-state index in [1.54, 1.807) is 0 Å². The molecule has 0 amide bonds. The van der Waals surface area contributed by atoms with Crippen molar-refractivity contribution in [3.8, 4) is 0 Å². The molecule has 0 aromatic carbocycles. The minimum absolute atomic E-state index is 0.151. The molecule has 0 aromatic heterocycles. The van der Waals surface area contributed by atoms with Gasteiger partial charge in [-0.2, -0.15) is 0 Å². The predicted octanol–water partition coefficient (Wildman–Crippen LogP) is 2.07. The van der Waals surface area contributed by atoms with Crippen molar-refractivity contribution in [2.45, 2.75) is 27.2 Å². The van der Waals surface area contributed by atoms with E-state index in [4.69, 9.17) is 11.2 Å². The molecule has 0 saturated heterocycles. The average molecular weight is 190 g/mol. The van der Waals surface area contributed by atoms with Crippen molar-refractivity contribution in [3.63, 3.8) is 0 Å². The van der Waals surface area contributed by atoms with Crippen LogP contribution in [0.4, 0.5) is 0 Å². The van der Waals surface area contributed by atoms with Gasteiger partial charge in [0, 0.05) is 11.2 Å². The molecule has 64 valence electrons. The Balaban J connectivity index is 2.97. The Morgan fingerprint density at radius 3 is 2.27 bits per heavy atom. The molecule has 0 saturated carbocycles. The summed E-state index contributed by atoms with van der Waals surface area (Å²) in [6.45, 7) is 6.40. The fourth-order valence-corrected chi connectivity index (χ4v) is 3.26. The molecule has 1 rings (SSSR count). The van der Waals surface area contributed by atoms with E-state index >= 15 is 0 Å². The molecule has 0 bridgehead atoms. The van der Waals surface area contributed by atoms with Gasteiger partial charge >= 0.3 is 0 Å². The second-order valence-electron chi connectivity index (χ2n) is 4.01. The third kappa shape index (κ3) is 2.27. The zero-order valence-corrected chi connectivity index (χ0v) is 8.85. The van der Waals surface area contributed by atoms with Gasteiger partial charge < -0.3 is 0 Å². The Morgan fingerprint density at radius 2 is 2.09 bits per heavy atom. The van der Waals surface area contributed by atoms with Crippen LogP contribution in [-0.2, 0) is 19.7 Å². The summed E-state index contributed by atoms with van der Waals surface area (Å²) >= 11 is 4.91. The molecule has 0 radical (unpaired) electrons. The Morgan fingerprint density at radius 1 is 1.55 bits per heavy atom. The lowest BCUT2D eigenvalue weighted by Gasteiger charge is -2.18. The second kappa shape index (κ2) is 2.56. The van der Waals surface area contributed by atoms with Gasteiger partial charge in [-0.05, 0) is 23.0 Å². The quantitative estimate of drug-likeness (QED) is 0.581. The third-order valence-electron chi connectivity index (χ3n) is 1.94. The van der Waals surface area contributed by atoms with Crippen molar-refractivity contribution < 1.29 is 4.21 Å². The molecule has 1 atom stereocenters. The molecule has 0 N–H and O–H groups in total. The molecule has 1 unspecified atom stereocenters. The molecule has 0 aromatic rings. The van der Waals surface area contributed by atoms with E-state index in [1.165, 1.54) is 5.57 Å². The van der Waals surface area contributed by atoms with E-state index < -0.39 is 8.49 Å². The number of rotatable bonds is 0. The highest BCUT2D eigenvalue weighted by atomic mass is 32.8. The Hall–Kier alpha value is 0.110. The molecule has 1 nitrogen and oxygen atoms in total. The standard InChI is InChI=1S/C8H14OS2/c1-8(2,3)7-4-5-11(9,10)6-7/h6H,4-5H2,1-3H3. The highest BCUT2D eigenvalue weighted by molar-refractivity contribution is 8.34. The van der Waals surface area contributed by atoms with E-state index in [9.17, 15) is 4.21 Å². The van der Waals surface area contributed by atoms with Crippen LogP contribution < -0.4 is 0 Å². The van der Waals surface area contributed by atoms with Gasteiger partial charge in [0.2, 0.25) is 0 Å². The first kappa shape index (κ1) is 9.20. The van der Waals surface area contributed by atoms with Crippen molar-refractivity contribution in [1.29, 1.82) is 0 Å². The highest BCUT2D eigenvalue weighted by Crippen LogP contribution is 2.33. The van der Waals surface area contributed by atoms with Gasteiger partial charge in [-0.1, -0.05) is 26.3 Å². The Bertz CT molecular complexity index is 278. The van der Waals surface area contributed by atoms with Crippen LogP contribution in [0.5, 0.6) is 0 Å². The first-order valence-electron chi connectivity index (χ1n) is 3.75. The maximum atomic E-state index is 11.4. The van der Waals surface area contributed by atoms with Gasteiger partial charge in [0.25, 0.3) is 0 Å². The zero-order chi connectivity index (χ0) is 8.70. The normalized spacial score (nSPS) is 32.1. The summed E-state index contributed by atoms with van der Waals surface area (Å²) < 4.78 is 11.4. The van der Waals surface area contributed by atoms with E-state index in [1.807, 2.05) is 5.41 Å². The van der Waals surface area contributed by atoms with Gasteiger partial charge in [0.1, 0.15) is 0 Å². The molecular formula is C8H14OS2. The van der Waals surface area contributed by atoms with Gasteiger partial charge in [0.15, 0.2) is 0 Å². The van der Waals surface area contributed by atoms with Crippen molar-refractivity contribution in [3.05, 3.63) is 11.0 Å². The molecule has 1 heterocycles. The smallest absolute Gasteiger partial charge is 0.0524 e. The minimum atomic E-state index is -2.01. The van der Waals surface area contributed by atoms with Crippen LogP contribution in [0.3, 0.4) is 0 Å². The number of hydrogen-bond donors (Lipinski definition) is 0. The number of hydrogen-bond acceptors (Lipinski definition) is 2. The van der Waals surface area contributed by atoms with Gasteiger partial charge in [-0.25, -0.2) is 0 Å². The van der Waals surface area contributed by atoms with Crippen molar-refractivity contribution in [1.82, 2.24) is 0 Å². The molecule has 11 heavy (non-hydrogen) atoms. The molecule has 0 spiro atoms. The van der Waals surface area contributed by atoms with Crippen molar-refractivity contribution in [2.24, 2.45) is 5.41 Å². The van der Waals surface area contributed by atoms with Crippen LogP contribution in [0.2, 0.25) is 0 Å². The van der Waals surface area contributed by atoms with Gasteiger partial charge in [0.05, 0.1) is 8.49 Å². The summed E-state index contributed by atoms with van der Waals surface area (Å²) in [7, 11) is -2.01. The molecule has 3 heteroatoms. The van der Waals surface area contributed by atoms with Gasteiger partial charge in [-0.15, -0.1) is 0 Å². The van der Waals surface area contributed by atoms with Crippen molar-refractivity contribution >= 4 is 19.7 Å². The van der Waals surface area contributed by atoms with Gasteiger partial charge in [-0.3, -0.25) is 4.21 Å². The molecular weight excluding hydrogens is 176 g/mol. The maximum Gasteiger partial charge on any atom is 0.0524 e. The predicted molar refractivity (Wildman–Crippen MR) is 52.5 cm³/mol. The van der Waals surface area contributed by atoms with Crippen LogP contribution >= 0.6 is 0 Å². The average Bonchev–Trinajstić information content (AvgIpc) is 2.07. The Labute approximate surface area is 73.6 Å². The molecule has 1 aliphatic heterocycles. The lowest BCUT2D eigenvalue weighted by Crippen LogP contribution is -2.07. The topological polar surface area (TPSA) is 17.1 Å². The Kier molecular flexibility index (Phi) is 2.14. The number of allylic oxidation sites excluding steroid dienone is 1. The van der Waals surface area contributed by atoms with E-state index in [2.05, 4.69) is 20.8 Å². The third-order valence-corrected chi connectivity index (χ3v) is 4.15. The summed E-state index contributed by atoms with van der Waals surface area (Å²) in [4.78, 5) is 0. The molecule has 0 fully saturated rings. The summed E-state index contributed by atoms with van der Waals surface area (Å²) in [5.41, 5.74) is 1.41. The first-order valence-corrected chi connectivity index (χ1v) is 6.47. The fourth-order valence-electron chi connectivity index (χ4n) is 1.14. The van der Waals surface area contributed by atoms with E-state index in [-0.39, 0.29) is 5.41 Å². The van der Waals surface area contributed by atoms with E-state index in [0.29, 0.717) is 5.75 Å². The summed E-state index contributed by atoms with van der Waals surface area (Å²) in [5, 5.41) is 1.81. The highest BCUT2D eigenvalue weighted by Gasteiger charge is 2.24. The zero-order valence-electron chi connectivity index (χ0n) is 7.22. The minimum Gasteiger partial charge on any atom is -0.252 e. The SMILES string of the molecule is CC(C)(C)C1=CS(=O)(=S)CC1. The summed E-state index contributed by atoms with van der Waals surface area (Å²) in [6, 6.07) is 0. The van der Waals surface area contributed by atoms with E-state index in [0.717, 1.165) is 6.42 Å². The van der Waals surface area contributed by atoms with Crippen LogP contribution in [0.1, 0.15) is 27.2 Å². The lowest BCUT2D eigenvalue weighted by atomic mass is 9.86. The summed E-state index contributed by atoms with van der Waals surface area (Å²) in [6.07, 6.45) is 0.922. The lowest BCUT2D eigenvalue weighted by molar-refractivity contribution is 0.492. The second-order valence-corrected chi connectivity index (χ2v) is 7.67. The molecule has 1 aliphatic rings.